The zero-order valence-corrected chi connectivity index (χ0v) is 25.6. The SMILES string of the molecule is CCOC(=O)C1=C(C)N=c2s/c(=C/c3ccc(OCC(=O)N4CCOCC4)c(OCC)c3)c(=O)n2[C@@H]1c1ccc(C)cc1. The van der Waals surface area contributed by atoms with E-state index < -0.39 is 12.0 Å². The van der Waals surface area contributed by atoms with E-state index in [1.807, 2.05) is 44.2 Å². The summed E-state index contributed by atoms with van der Waals surface area (Å²) in [7, 11) is 0. The molecule has 0 spiro atoms. The lowest BCUT2D eigenvalue weighted by molar-refractivity contribution is -0.139. The van der Waals surface area contributed by atoms with Crippen molar-refractivity contribution in [2.75, 3.05) is 46.1 Å². The Morgan fingerprint density at radius 2 is 1.77 bits per heavy atom. The normalized spacial score (nSPS) is 16.9. The fourth-order valence-electron chi connectivity index (χ4n) is 5.05. The summed E-state index contributed by atoms with van der Waals surface area (Å²) >= 11 is 1.25. The van der Waals surface area contributed by atoms with Gasteiger partial charge >= 0.3 is 5.97 Å². The van der Waals surface area contributed by atoms with Crippen LogP contribution in [0.2, 0.25) is 0 Å². The third-order valence-electron chi connectivity index (χ3n) is 7.19. The molecule has 2 aliphatic rings. The lowest BCUT2D eigenvalue weighted by atomic mass is 9.95. The van der Waals surface area contributed by atoms with Crippen molar-refractivity contribution in [2.45, 2.75) is 33.7 Å². The Kier molecular flexibility index (Phi) is 9.42. The highest BCUT2D eigenvalue weighted by Gasteiger charge is 2.33. The number of carbonyl (C=O) groups is 2. The van der Waals surface area contributed by atoms with E-state index in [2.05, 4.69) is 4.99 Å². The summed E-state index contributed by atoms with van der Waals surface area (Å²) in [6.07, 6.45) is 1.77. The number of allylic oxidation sites excluding steroid dienone is 1. The number of ether oxygens (including phenoxy) is 4. The van der Waals surface area contributed by atoms with E-state index in [9.17, 15) is 14.4 Å². The Bertz CT molecular complexity index is 1720. The van der Waals surface area contributed by atoms with Gasteiger partial charge in [0.15, 0.2) is 22.9 Å². The van der Waals surface area contributed by atoms with Crippen molar-refractivity contribution in [3.05, 3.63) is 90.1 Å². The zero-order valence-electron chi connectivity index (χ0n) is 24.8. The number of fused-ring (bicyclic) bond motifs is 1. The minimum atomic E-state index is -0.670. The highest BCUT2D eigenvalue weighted by Crippen LogP contribution is 2.31. The highest BCUT2D eigenvalue weighted by molar-refractivity contribution is 7.07. The molecule has 226 valence electrons. The molecule has 1 fully saturated rings. The first-order valence-corrected chi connectivity index (χ1v) is 15.1. The van der Waals surface area contributed by atoms with Gasteiger partial charge in [-0.15, -0.1) is 0 Å². The van der Waals surface area contributed by atoms with Gasteiger partial charge < -0.3 is 23.8 Å². The molecule has 3 aromatic rings. The maximum absolute atomic E-state index is 13.9. The Morgan fingerprint density at radius 3 is 2.47 bits per heavy atom. The predicted molar refractivity (Wildman–Crippen MR) is 162 cm³/mol. The average molecular weight is 606 g/mol. The van der Waals surface area contributed by atoms with Gasteiger partial charge in [-0.05, 0) is 57.0 Å². The van der Waals surface area contributed by atoms with Gasteiger partial charge in [0, 0.05) is 13.1 Å². The maximum atomic E-state index is 13.9. The quantitative estimate of drug-likeness (QED) is 0.345. The molecule has 2 aromatic carbocycles. The molecule has 11 heteroatoms. The molecule has 0 unspecified atom stereocenters. The van der Waals surface area contributed by atoms with Crippen LogP contribution in [0.25, 0.3) is 6.08 Å². The van der Waals surface area contributed by atoms with Crippen LogP contribution in [-0.4, -0.2) is 67.5 Å². The fourth-order valence-corrected chi connectivity index (χ4v) is 6.10. The number of thiazole rings is 1. The summed E-state index contributed by atoms with van der Waals surface area (Å²) < 4.78 is 24.4. The molecule has 0 bridgehead atoms. The van der Waals surface area contributed by atoms with Crippen molar-refractivity contribution in [2.24, 2.45) is 4.99 Å². The largest absolute Gasteiger partial charge is 0.490 e. The summed E-state index contributed by atoms with van der Waals surface area (Å²) in [5.74, 6) is 0.303. The van der Waals surface area contributed by atoms with E-state index in [-0.39, 0.29) is 24.7 Å². The van der Waals surface area contributed by atoms with Crippen molar-refractivity contribution >= 4 is 29.3 Å². The molecule has 5 rings (SSSR count). The Labute approximate surface area is 253 Å². The fraction of sp³-hybridized carbons (Fsp3) is 0.375. The number of nitrogens with zero attached hydrogens (tertiary/aromatic N) is 3. The third-order valence-corrected chi connectivity index (χ3v) is 8.17. The van der Waals surface area contributed by atoms with Crippen molar-refractivity contribution in [1.82, 2.24) is 9.47 Å². The average Bonchev–Trinajstić information content (AvgIpc) is 3.30. The van der Waals surface area contributed by atoms with Crippen LogP contribution in [0.5, 0.6) is 11.5 Å². The number of esters is 1. The van der Waals surface area contributed by atoms with Crippen LogP contribution >= 0.6 is 11.3 Å². The van der Waals surface area contributed by atoms with Gasteiger partial charge in [-0.2, -0.15) is 0 Å². The first-order valence-electron chi connectivity index (χ1n) is 14.3. The standard InChI is InChI=1S/C32H35N3O7S/c1-5-40-25-17-22(9-12-24(25)42-19-27(36)34-13-15-39-16-14-34)18-26-30(37)35-29(23-10-7-20(3)8-11-23)28(31(38)41-6-2)21(4)33-32(35)43-26/h7-12,17-18,29H,5-6,13-16,19H2,1-4H3/b26-18+/t29-/m1/s1. The highest BCUT2D eigenvalue weighted by atomic mass is 32.1. The molecule has 0 aliphatic carbocycles. The van der Waals surface area contributed by atoms with Crippen molar-refractivity contribution < 1.29 is 28.5 Å². The number of aromatic nitrogens is 1. The van der Waals surface area contributed by atoms with Crippen LogP contribution in [0.3, 0.4) is 0 Å². The summed E-state index contributed by atoms with van der Waals surface area (Å²) in [5, 5.41) is 0. The number of aryl methyl sites for hydroxylation is 1. The van der Waals surface area contributed by atoms with Crippen molar-refractivity contribution in [3.63, 3.8) is 0 Å². The van der Waals surface area contributed by atoms with Crippen LogP contribution in [0.1, 0.15) is 43.5 Å². The van der Waals surface area contributed by atoms with E-state index >= 15 is 0 Å². The predicted octanol–water partition coefficient (Wildman–Crippen LogP) is 2.74. The lowest BCUT2D eigenvalue weighted by Crippen LogP contribution is -2.43. The van der Waals surface area contributed by atoms with Crippen LogP contribution in [-0.2, 0) is 19.1 Å². The first kappa shape index (κ1) is 30.2. The molecular weight excluding hydrogens is 570 g/mol. The van der Waals surface area contributed by atoms with E-state index in [1.54, 1.807) is 41.5 Å². The molecule has 1 amide bonds. The monoisotopic (exact) mass is 605 g/mol. The van der Waals surface area contributed by atoms with E-state index in [1.165, 1.54) is 11.3 Å². The van der Waals surface area contributed by atoms with E-state index in [0.29, 0.717) is 70.6 Å². The minimum absolute atomic E-state index is 0.112. The topological polar surface area (TPSA) is 109 Å². The first-order chi connectivity index (χ1) is 20.8. The summed E-state index contributed by atoms with van der Waals surface area (Å²) in [5.41, 5.74) is 3.17. The van der Waals surface area contributed by atoms with Gasteiger partial charge in [0.05, 0.1) is 48.3 Å². The van der Waals surface area contributed by atoms with Crippen molar-refractivity contribution in [1.29, 1.82) is 0 Å². The molecule has 0 N–H and O–H groups in total. The molecule has 3 heterocycles. The smallest absolute Gasteiger partial charge is 0.338 e. The third kappa shape index (κ3) is 6.57. The molecule has 1 atom stereocenters. The number of morpholine rings is 1. The number of rotatable bonds is 9. The molecular formula is C32H35N3O7S. The molecule has 1 saturated heterocycles. The number of hydrogen-bond acceptors (Lipinski definition) is 9. The van der Waals surface area contributed by atoms with Gasteiger partial charge in [-0.1, -0.05) is 47.2 Å². The van der Waals surface area contributed by atoms with Gasteiger partial charge in [0.2, 0.25) is 0 Å². The maximum Gasteiger partial charge on any atom is 0.338 e. The summed E-state index contributed by atoms with van der Waals surface area (Å²) in [6, 6.07) is 12.4. The molecule has 43 heavy (non-hydrogen) atoms. The zero-order chi connectivity index (χ0) is 30.5. The van der Waals surface area contributed by atoms with Gasteiger partial charge in [-0.3, -0.25) is 14.2 Å². The second-order valence-electron chi connectivity index (χ2n) is 10.1. The number of amides is 1. The van der Waals surface area contributed by atoms with Crippen LogP contribution < -0.4 is 24.4 Å². The Morgan fingerprint density at radius 1 is 1.02 bits per heavy atom. The number of hydrogen-bond donors (Lipinski definition) is 0. The summed E-state index contributed by atoms with van der Waals surface area (Å²) in [4.78, 5) is 46.4. The van der Waals surface area contributed by atoms with Crippen LogP contribution in [0, 0.1) is 6.92 Å². The second-order valence-corrected chi connectivity index (χ2v) is 11.1. The van der Waals surface area contributed by atoms with E-state index in [0.717, 1.165) is 11.1 Å². The van der Waals surface area contributed by atoms with Crippen LogP contribution in [0.4, 0.5) is 0 Å². The van der Waals surface area contributed by atoms with Crippen molar-refractivity contribution in [3.8, 4) is 11.5 Å². The molecule has 0 saturated carbocycles. The van der Waals surface area contributed by atoms with Gasteiger partial charge in [0.25, 0.3) is 11.5 Å². The Hall–Kier alpha value is -4.22. The Balaban J connectivity index is 1.50. The molecule has 1 aromatic heterocycles. The van der Waals surface area contributed by atoms with Gasteiger partial charge in [0.1, 0.15) is 0 Å². The van der Waals surface area contributed by atoms with Gasteiger partial charge in [-0.25, -0.2) is 9.79 Å². The number of benzene rings is 2. The lowest BCUT2D eigenvalue weighted by Gasteiger charge is -2.26. The molecule has 10 nitrogen and oxygen atoms in total. The molecule has 2 aliphatic heterocycles. The molecule has 0 radical (unpaired) electrons. The number of carbonyl (C=O) groups excluding carboxylic acids is 2. The van der Waals surface area contributed by atoms with Crippen LogP contribution in [0.15, 0.2) is 63.5 Å². The second kappa shape index (κ2) is 13.4. The summed E-state index contributed by atoms with van der Waals surface area (Å²) in [6.45, 7) is 9.98. The minimum Gasteiger partial charge on any atom is -0.490 e. The van der Waals surface area contributed by atoms with E-state index in [4.69, 9.17) is 18.9 Å².